The van der Waals surface area contributed by atoms with E-state index in [1.165, 1.54) is 16.4 Å². The molecule has 1 aliphatic rings. The van der Waals surface area contributed by atoms with E-state index in [0.29, 0.717) is 23.7 Å². The number of halogens is 1. The Morgan fingerprint density at radius 1 is 0.812 bits per heavy atom. The number of amides is 1. The summed E-state index contributed by atoms with van der Waals surface area (Å²) in [6, 6.07) is 19.5. The lowest BCUT2D eigenvalue weighted by molar-refractivity contribution is -0.132. The standard InChI is InChI=1S/C24H23ClN2O4S/c25-21-6-3-7-22(17-21)32(30,31)27-14-12-26(13-15-27)24(29)11-10-23(28)20-9-8-18-4-1-2-5-19(18)16-20/h1-9,16-17H,10-15H2. The van der Waals surface area contributed by atoms with Crippen molar-refractivity contribution in [3.05, 3.63) is 77.3 Å². The van der Waals surface area contributed by atoms with Crippen LogP contribution in [-0.2, 0) is 14.8 Å². The quantitative estimate of drug-likeness (QED) is 0.510. The van der Waals surface area contributed by atoms with Crippen LogP contribution < -0.4 is 0 Å². The van der Waals surface area contributed by atoms with E-state index in [2.05, 4.69) is 0 Å². The summed E-state index contributed by atoms with van der Waals surface area (Å²) in [5.74, 6) is -0.217. The molecule has 1 amide bonds. The number of benzene rings is 3. The molecule has 4 rings (SSSR count). The lowest BCUT2D eigenvalue weighted by Crippen LogP contribution is -2.50. The summed E-state index contributed by atoms with van der Waals surface area (Å²) in [6.45, 7) is 1.00. The van der Waals surface area contributed by atoms with Crippen molar-refractivity contribution in [3.63, 3.8) is 0 Å². The predicted octanol–water partition coefficient (Wildman–Crippen LogP) is 3.99. The number of ketones is 1. The van der Waals surface area contributed by atoms with Crippen LogP contribution in [0.15, 0.2) is 71.6 Å². The number of fused-ring (bicyclic) bond motifs is 1. The Hall–Kier alpha value is -2.74. The van der Waals surface area contributed by atoms with Crippen LogP contribution in [0, 0.1) is 0 Å². The first kappa shape index (κ1) is 22.5. The summed E-state index contributed by atoms with van der Waals surface area (Å²) in [4.78, 5) is 26.9. The van der Waals surface area contributed by atoms with Crippen LogP contribution in [0.2, 0.25) is 5.02 Å². The highest BCUT2D eigenvalue weighted by Crippen LogP contribution is 2.21. The lowest BCUT2D eigenvalue weighted by Gasteiger charge is -2.34. The Kier molecular flexibility index (Phi) is 6.60. The van der Waals surface area contributed by atoms with Crippen LogP contribution in [0.25, 0.3) is 10.8 Å². The normalized spacial score (nSPS) is 15.1. The largest absolute Gasteiger partial charge is 0.340 e. The molecule has 0 atom stereocenters. The van der Waals surface area contributed by atoms with Gasteiger partial charge in [0.15, 0.2) is 5.78 Å². The van der Waals surface area contributed by atoms with Crippen molar-refractivity contribution >= 4 is 44.1 Å². The molecule has 1 fully saturated rings. The average Bonchev–Trinajstić information content (AvgIpc) is 2.82. The molecule has 0 radical (unpaired) electrons. The molecule has 8 heteroatoms. The Morgan fingerprint density at radius 2 is 1.53 bits per heavy atom. The van der Waals surface area contributed by atoms with Crippen LogP contribution in [0.1, 0.15) is 23.2 Å². The van der Waals surface area contributed by atoms with Crippen molar-refractivity contribution in [2.75, 3.05) is 26.2 Å². The number of hydrogen-bond acceptors (Lipinski definition) is 4. The maximum atomic E-state index is 12.8. The van der Waals surface area contributed by atoms with Crippen LogP contribution in [0.4, 0.5) is 0 Å². The molecule has 3 aromatic carbocycles. The number of piperazine rings is 1. The number of carbonyl (C=O) groups excluding carboxylic acids is 2. The van der Waals surface area contributed by atoms with Gasteiger partial charge in [-0.3, -0.25) is 9.59 Å². The van der Waals surface area contributed by atoms with E-state index in [1.54, 1.807) is 23.1 Å². The average molecular weight is 471 g/mol. The first-order valence-corrected chi connectivity index (χ1v) is 12.2. The smallest absolute Gasteiger partial charge is 0.243 e. The minimum absolute atomic E-state index is 0.0775. The second-order valence-electron chi connectivity index (χ2n) is 7.73. The maximum Gasteiger partial charge on any atom is 0.243 e. The van der Waals surface area contributed by atoms with Gasteiger partial charge in [-0.15, -0.1) is 0 Å². The topological polar surface area (TPSA) is 74.8 Å². The minimum atomic E-state index is -3.66. The maximum absolute atomic E-state index is 12.8. The van der Waals surface area contributed by atoms with Crippen LogP contribution in [-0.4, -0.2) is 55.5 Å². The number of sulfonamides is 1. The molecule has 0 N–H and O–H groups in total. The van der Waals surface area contributed by atoms with Crippen molar-refractivity contribution in [1.29, 1.82) is 0 Å². The van der Waals surface area contributed by atoms with Crippen molar-refractivity contribution in [2.24, 2.45) is 0 Å². The van der Waals surface area contributed by atoms with Gasteiger partial charge < -0.3 is 4.90 Å². The van der Waals surface area contributed by atoms with E-state index < -0.39 is 10.0 Å². The predicted molar refractivity (Wildman–Crippen MR) is 124 cm³/mol. The summed E-state index contributed by atoms with van der Waals surface area (Å²) in [7, 11) is -3.66. The molecule has 0 unspecified atom stereocenters. The summed E-state index contributed by atoms with van der Waals surface area (Å²) in [6.07, 6.45) is 0.227. The Morgan fingerprint density at radius 3 is 2.25 bits per heavy atom. The molecular formula is C24H23ClN2O4S. The second kappa shape index (κ2) is 9.40. The van der Waals surface area contributed by atoms with Crippen molar-refractivity contribution < 1.29 is 18.0 Å². The summed E-state index contributed by atoms with van der Waals surface area (Å²) < 4.78 is 27.0. The molecule has 3 aromatic rings. The van der Waals surface area contributed by atoms with Gasteiger partial charge in [-0.2, -0.15) is 4.31 Å². The van der Waals surface area contributed by atoms with Crippen molar-refractivity contribution in [1.82, 2.24) is 9.21 Å². The number of Topliss-reactive ketones (excluding diaryl/α,β-unsaturated/α-hetero) is 1. The van der Waals surface area contributed by atoms with E-state index in [4.69, 9.17) is 11.6 Å². The molecule has 32 heavy (non-hydrogen) atoms. The van der Waals surface area contributed by atoms with Gasteiger partial charge in [0.25, 0.3) is 0 Å². The third kappa shape index (κ3) is 4.85. The minimum Gasteiger partial charge on any atom is -0.340 e. The second-order valence-corrected chi connectivity index (χ2v) is 10.1. The van der Waals surface area contributed by atoms with Crippen molar-refractivity contribution in [3.8, 4) is 0 Å². The van der Waals surface area contributed by atoms with Crippen LogP contribution >= 0.6 is 11.6 Å². The molecular weight excluding hydrogens is 448 g/mol. The van der Waals surface area contributed by atoms with Gasteiger partial charge in [0.2, 0.25) is 15.9 Å². The first-order chi connectivity index (χ1) is 15.3. The molecule has 0 saturated carbocycles. The molecule has 0 bridgehead atoms. The highest BCUT2D eigenvalue weighted by atomic mass is 35.5. The third-order valence-corrected chi connectivity index (χ3v) is 7.79. The highest BCUT2D eigenvalue weighted by molar-refractivity contribution is 7.89. The van der Waals surface area contributed by atoms with E-state index in [0.717, 1.165) is 10.8 Å². The molecule has 0 spiro atoms. The first-order valence-electron chi connectivity index (χ1n) is 10.4. The third-order valence-electron chi connectivity index (χ3n) is 5.66. The number of rotatable bonds is 6. The molecule has 0 aliphatic carbocycles. The van der Waals surface area contributed by atoms with Crippen molar-refractivity contribution in [2.45, 2.75) is 17.7 Å². The fraction of sp³-hybridized carbons (Fsp3) is 0.250. The van der Waals surface area contributed by atoms with Gasteiger partial charge in [-0.1, -0.05) is 54.1 Å². The highest BCUT2D eigenvalue weighted by Gasteiger charge is 2.30. The molecule has 1 heterocycles. The van der Waals surface area contributed by atoms with Gasteiger partial charge in [0.05, 0.1) is 4.90 Å². The molecule has 1 aliphatic heterocycles. The van der Waals surface area contributed by atoms with Crippen LogP contribution in [0.3, 0.4) is 0 Å². The van der Waals surface area contributed by atoms with Gasteiger partial charge in [-0.05, 0) is 35.0 Å². The zero-order chi connectivity index (χ0) is 22.7. The summed E-state index contributed by atoms with van der Waals surface area (Å²) in [5, 5.41) is 2.41. The fourth-order valence-electron chi connectivity index (χ4n) is 3.84. The van der Waals surface area contributed by atoms with Gasteiger partial charge in [0.1, 0.15) is 0 Å². The monoisotopic (exact) mass is 470 g/mol. The van der Waals surface area contributed by atoms with Gasteiger partial charge >= 0.3 is 0 Å². The Balaban J connectivity index is 1.32. The number of carbonyl (C=O) groups is 2. The zero-order valence-electron chi connectivity index (χ0n) is 17.4. The van der Waals surface area contributed by atoms with E-state index in [1.807, 2.05) is 36.4 Å². The molecule has 6 nitrogen and oxygen atoms in total. The summed E-state index contributed by atoms with van der Waals surface area (Å²) >= 11 is 5.92. The van der Waals surface area contributed by atoms with E-state index in [-0.39, 0.29) is 42.5 Å². The number of nitrogens with zero attached hydrogens (tertiary/aromatic N) is 2. The molecule has 0 aromatic heterocycles. The Bertz CT molecular complexity index is 1270. The fourth-order valence-corrected chi connectivity index (χ4v) is 5.56. The molecule has 1 saturated heterocycles. The van der Waals surface area contributed by atoms with E-state index >= 15 is 0 Å². The SMILES string of the molecule is O=C(CCC(=O)N1CCN(S(=O)(=O)c2cccc(Cl)c2)CC1)c1ccc2ccccc2c1. The molecule has 166 valence electrons. The van der Waals surface area contributed by atoms with Crippen LogP contribution in [0.5, 0.6) is 0 Å². The number of hydrogen-bond donors (Lipinski definition) is 0. The van der Waals surface area contributed by atoms with Gasteiger partial charge in [0, 0.05) is 49.6 Å². The summed E-state index contributed by atoms with van der Waals surface area (Å²) in [5.41, 5.74) is 0.592. The zero-order valence-corrected chi connectivity index (χ0v) is 19.0. The van der Waals surface area contributed by atoms with E-state index in [9.17, 15) is 18.0 Å². The lowest BCUT2D eigenvalue weighted by atomic mass is 10.0. The Labute approximate surface area is 192 Å². The van der Waals surface area contributed by atoms with Gasteiger partial charge in [-0.25, -0.2) is 8.42 Å².